The van der Waals surface area contributed by atoms with Crippen LogP contribution >= 0.6 is 23.2 Å². The van der Waals surface area contributed by atoms with Crippen LogP contribution in [-0.2, 0) is 0 Å². The molecule has 0 saturated carbocycles. The summed E-state index contributed by atoms with van der Waals surface area (Å²) in [6, 6.07) is 3.29. The summed E-state index contributed by atoms with van der Waals surface area (Å²) in [5.74, 6) is 0.631. The summed E-state index contributed by atoms with van der Waals surface area (Å²) in [5, 5.41) is 1.08. The second-order valence-corrected chi connectivity index (χ2v) is 4.60. The lowest BCUT2D eigenvalue weighted by atomic mass is 10.1. The first-order valence-corrected chi connectivity index (χ1v) is 5.58. The zero-order chi connectivity index (χ0) is 11.6. The van der Waals surface area contributed by atoms with Crippen LogP contribution < -0.4 is 10.5 Å². The number of nitrogens with two attached hydrogens (primary N) is 1. The van der Waals surface area contributed by atoms with Crippen molar-refractivity contribution in [2.24, 2.45) is 5.73 Å². The quantitative estimate of drug-likeness (QED) is 0.882. The van der Waals surface area contributed by atoms with Gasteiger partial charge in [-0.3, -0.25) is 0 Å². The first-order chi connectivity index (χ1) is 6.91. The predicted molar refractivity (Wildman–Crippen MR) is 64.8 cm³/mol. The molecule has 15 heavy (non-hydrogen) atoms. The van der Waals surface area contributed by atoms with Crippen molar-refractivity contribution < 1.29 is 4.74 Å². The smallest absolute Gasteiger partial charge is 0.143 e. The first kappa shape index (κ1) is 12.6. The third-order valence-electron chi connectivity index (χ3n) is 1.88. The fraction of sp³-hybridized carbons (Fsp3) is 0.455. The number of benzene rings is 1. The van der Waals surface area contributed by atoms with Gasteiger partial charge in [-0.2, -0.15) is 0 Å². The molecule has 2 N–H and O–H groups in total. The summed E-state index contributed by atoms with van der Waals surface area (Å²) in [6.07, 6.45) is 0.0566. The highest BCUT2D eigenvalue weighted by atomic mass is 35.5. The minimum Gasteiger partial charge on any atom is -0.489 e. The average molecular weight is 248 g/mol. The van der Waals surface area contributed by atoms with Gasteiger partial charge in [-0.1, -0.05) is 23.2 Å². The van der Waals surface area contributed by atoms with E-state index in [1.165, 1.54) is 0 Å². The molecule has 0 spiro atoms. The molecule has 1 rings (SSSR count). The first-order valence-electron chi connectivity index (χ1n) is 4.83. The summed E-state index contributed by atoms with van der Waals surface area (Å²) in [4.78, 5) is 0. The summed E-state index contributed by atoms with van der Waals surface area (Å²) in [5.41, 5.74) is 6.67. The molecule has 0 radical (unpaired) electrons. The third-order valence-corrected chi connectivity index (χ3v) is 2.38. The molecule has 84 valence electrons. The molecular formula is C11H15Cl2NO. The number of hydrogen-bond acceptors (Lipinski definition) is 2. The number of hydrogen-bond donors (Lipinski definition) is 1. The van der Waals surface area contributed by atoms with Gasteiger partial charge < -0.3 is 10.5 Å². The second-order valence-electron chi connectivity index (χ2n) is 3.76. The van der Waals surface area contributed by atoms with E-state index in [0.717, 1.165) is 5.56 Å². The zero-order valence-corrected chi connectivity index (χ0v) is 10.6. The molecular weight excluding hydrogens is 233 g/mol. The van der Waals surface area contributed by atoms with E-state index in [9.17, 15) is 0 Å². The number of rotatable bonds is 3. The summed E-state index contributed by atoms with van der Waals surface area (Å²) in [7, 11) is 0. The van der Waals surface area contributed by atoms with Crippen LogP contribution in [0.25, 0.3) is 0 Å². The average Bonchev–Trinajstić information content (AvgIpc) is 2.08. The fourth-order valence-electron chi connectivity index (χ4n) is 1.28. The molecule has 0 aliphatic rings. The molecule has 0 fully saturated rings. The maximum Gasteiger partial charge on any atom is 0.143 e. The van der Waals surface area contributed by atoms with Crippen molar-refractivity contribution in [1.82, 2.24) is 0 Å². The van der Waals surface area contributed by atoms with Crippen molar-refractivity contribution in [3.05, 3.63) is 27.7 Å². The Labute approximate surface area is 100 Å². The maximum atomic E-state index is 6.06. The van der Waals surface area contributed by atoms with Crippen molar-refractivity contribution in [3.63, 3.8) is 0 Å². The Hall–Kier alpha value is -0.440. The second kappa shape index (κ2) is 5.06. The molecule has 4 heteroatoms. The van der Waals surface area contributed by atoms with Gasteiger partial charge in [-0.25, -0.2) is 0 Å². The minimum atomic E-state index is -0.157. The highest BCUT2D eigenvalue weighted by molar-refractivity contribution is 6.35. The van der Waals surface area contributed by atoms with Gasteiger partial charge >= 0.3 is 0 Å². The van der Waals surface area contributed by atoms with Crippen LogP contribution in [0.4, 0.5) is 0 Å². The molecule has 0 saturated heterocycles. The molecule has 1 atom stereocenters. The summed E-state index contributed by atoms with van der Waals surface area (Å²) in [6.45, 7) is 5.75. The van der Waals surface area contributed by atoms with Crippen LogP contribution in [0.15, 0.2) is 12.1 Å². The predicted octanol–water partition coefficient (Wildman–Crippen LogP) is 3.80. The van der Waals surface area contributed by atoms with E-state index in [0.29, 0.717) is 15.8 Å². The molecule has 0 bridgehead atoms. The Kier molecular flexibility index (Phi) is 4.26. The van der Waals surface area contributed by atoms with Crippen molar-refractivity contribution in [1.29, 1.82) is 0 Å². The SMILES string of the molecule is CC(C)Oc1c(Cl)cc(Cl)cc1C(C)N. The molecule has 0 aliphatic carbocycles. The highest BCUT2D eigenvalue weighted by Gasteiger charge is 2.14. The van der Waals surface area contributed by atoms with E-state index in [1.807, 2.05) is 20.8 Å². The third kappa shape index (κ3) is 3.26. The van der Waals surface area contributed by atoms with Gasteiger partial charge in [0.1, 0.15) is 5.75 Å². The van der Waals surface area contributed by atoms with E-state index in [2.05, 4.69) is 0 Å². The largest absolute Gasteiger partial charge is 0.489 e. The topological polar surface area (TPSA) is 35.2 Å². The van der Waals surface area contributed by atoms with Crippen molar-refractivity contribution >= 4 is 23.2 Å². The van der Waals surface area contributed by atoms with Gasteiger partial charge in [0.25, 0.3) is 0 Å². The molecule has 1 aromatic carbocycles. The molecule has 1 unspecified atom stereocenters. The lowest BCUT2D eigenvalue weighted by Crippen LogP contribution is -2.12. The molecule has 1 aromatic rings. The molecule has 0 aromatic heterocycles. The van der Waals surface area contributed by atoms with Gasteiger partial charge in [0.2, 0.25) is 0 Å². The van der Waals surface area contributed by atoms with Crippen LogP contribution in [0, 0.1) is 0 Å². The van der Waals surface area contributed by atoms with Crippen molar-refractivity contribution in [2.45, 2.75) is 32.9 Å². The Bertz CT molecular complexity index is 351. The standard InChI is InChI=1S/C11H15Cl2NO/c1-6(2)15-11-9(7(3)14)4-8(12)5-10(11)13/h4-7H,14H2,1-3H3. The number of halogens is 2. The zero-order valence-electron chi connectivity index (χ0n) is 9.05. The fourth-order valence-corrected chi connectivity index (χ4v) is 1.83. The summed E-state index contributed by atoms with van der Waals surface area (Å²) < 4.78 is 5.62. The Morgan fingerprint density at radius 1 is 1.20 bits per heavy atom. The Morgan fingerprint density at radius 3 is 2.27 bits per heavy atom. The normalized spacial score (nSPS) is 13.0. The van der Waals surface area contributed by atoms with Crippen molar-refractivity contribution in [3.8, 4) is 5.75 Å². The Morgan fingerprint density at radius 2 is 1.80 bits per heavy atom. The highest BCUT2D eigenvalue weighted by Crippen LogP contribution is 2.35. The number of ether oxygens (including phenoxy) is 1. The lowest BCUT2D eigenvalue weighted by Gasteiger charge is -2.18. The molecule has 0 amide bonds. The van der Waals surface area contributed by atoms with Gasteiger partial charge in [0.05, 0.1) is 11.1 Å². The monoisotopic (exact) mass is 247 g/mol. The van der Waals surface area contributed by atoms with Crippen LogP contribution in [-0.4, -0.2) is 6.10 Å². The van der Waals surface area contributed by atoms with Crippen molar-refractivity contribution in [2.75, 3.05) is 0 Å². The maximum absolute atomic E-state index is 6.06. The molecule has 2 nitrogen and oxygen atoms in total. The van der Waals surface area contributed by atoms with E-state index in [1.54, 1.807) is 12.1 Å². The van der Waals surface area contributed by atoms with Crippen LogP contribution in [0.3, 0.4) is 0 Å². The van der Waals surface area contributed by atoms with Gasteiger partial charge in [-0.05, 0) is 32.9 Å². The lowest BCUT2D eigenvalue weighted by molar-refractivity contribution is 0.239. The summed E-state index contributed by atoms with van der Waals surface area (Å²) >= 11 is 12.0. The van der Waals surface area contributed by atoms with E-state index in [4.69, 9.17) is 33.7 Å². The Balaban J connectivity index is 3.21. The molecule has 0 aliphatic heterocycles. The van der Waals surface area contributed by atoms with E-state index >= 15 is 0 Å². The van der Waals surface area contributed by atoms with Gasteiger partial charge in [0.15, 0.2) is 0 Å². The van der Waals surface area contributed by atoms with Gasteiger partial charge in [-0.15, -0.1) is 0 Å². The van der Waals surface area contributed by atoms with Crippen LogP contribution in [0.1, 0.15) is 32.4 Å². The van der Waals surface area contributed by atoms with Gasteiger partial charge in [0, 0.05) is 16.6 Å². The van der Waals surface area contributed by atoms with E-state index < -0.39 is 0 Å². The minimum absolute atomic E-state index is 0.0566. The van der Waals surface area contributed by atoms with Crippen LogP contribution in [0.5, 0.6) is 5.75 Å². The van der Waals surface area contributed by atoms with Crippen LogP contribution in [0.2, 0.25) is 10.0 Å². The van der Waals surface area contributed by atoms with E-state index in [-0.39, 0.29) is 12.1 Å². The molecule has 0 heterocycles.